The monoisotopic (exact) mass is 1510 g/mol. The van der Waals surface area contributed by atoms with Crippen molar-refractivity contribution in [3.8, 4) is 0 Å². The van der Waals surface area contributed by atoms with Gasteiger partial charge in [0.2, 0.25) is 5.91 Å². The van der Waals surface area contributed by atoms with Gasteiger partial charge in [0.1, 0.15) is 175 Å². The summed E-state index contributed by atoms with van der Waals surface area (Å²) in [5, 5.41) is 236. The average molecular weight is 1520 g/mol. The van der Waals surface area contributed by atoms with Crippen LogP contribution in [0.1, 0.15) is 41.2 Å². The molecule has 0 spiro atoms. The fourth-order valence-corrected chi connectivity index (χ4v) is 15.4. The van der Waals surface area contributed by atoms with Gasteiger partial charge in [-0.05, 0) is 37.5 Å². The average Bonchev–Trinajstić information content (AvgIpc) is 1.17. The second-order valence-electron chi connectivity index (χ2n) is 26.5. The summed E-state index contributed by atoms with van der Waals surface area (Å²) in [5.74, 6) is -0.338. The molecule has 24 aliphatic heterocycles. The van der Waals surface area contributed by atoms with Crippen molar-refractivity contribution in [2.45, 2.75) is 261 Å². The zero-order chi connectivity index (χ0) is 73.4. The Balaban J connectivity index is 0.908. The molecule has 23 N–H and O–H groups in total. The van der Waals surface area contributed by atoms with Crippen LogP contribution in [-0.4, -0.2) is 367 Å². The molecule has 21 unspecified atom stereocenters. The van der Waals surface area contributed by atoms with Gasteiger partial charge < -0.3 is 185 Å². The van der Waals surface area contributed by atoms with E-state index in [1.165, 1.54) is 29.6 Å². The first kappa shape index (κ1) is 78.8. The van der Waals surface area contributed by atoms with Gasteiger partial charge in [0.15, 0.2) is 44.0 Å². The molecular formula is C61H90N6O34S2. The molecule has 21 fully saturated rings. The van der Waals surface area contributed by atoms with Crippen molar-refractivity contribution >= 4 is 45.6 Å². The smallest absolute Gasteiger partial charge is 0.221 e. The normalized spacial score (nSPS) is 45.5. The van der Waals surface area contributed by atoms with Gasteiger partial charge in [-0.1, -0.05) is 0 Å². The number of amides is 1. The van der Waals surface area contributed by atoms with Crippen LogP contribution < -0.4 is 21.3 Å². The van der Waals surface area contributed by atoms with Crippen molar-refractivity contribution in [3.63, 3.8) is 0 Å². The highest BCUT2D eigenvalue weighted by Gasteiger charge is 2.60. The maximum Gasteiger partial charge on any atom is 0.221 e. The molecule has 35 atom stereocenters. The molecule has 0 radical (unpaired) electrons. The van der Waals surface area contributed by atoms with Gasteiger partial charge in [-0.25, -0.2) is 9.97 Å². The number of aromatic nitrogens is 2. The molecule has 24 aliphatic rings. The fourth-order valence-electron chi connectivity index (χ4n) is 13.9. The summed E-state index contributed by atoms with van der Waals surface area (Å²) < 4.78 is 84.3. The first-order chi connectivity index (χ1) is 49.4. The van der Waals surface area contributed by atoms with Gasteiger partial charge in [0, 0.05) is 47.8 Å². The standard InChI is InChI=1S/C61H90N6O34S2/c1-19(73)65-23-6-21-5-22(7-23)64-11-33-67-24(18-103-33)8-62-9-26-49-35(75)42(82)56(89-26)98-51-28(13-69)93-60(46(86)39(51)79)99-52-29(14-70)90-57(43(83)36(52)76)95-48-25(4-2-3-20-17-102-32(66-20)10-63-21)88-55(41(81)34(48)74)97-50-27(12-68)92-59(45(85)38(50)78)101-54-31(16-72)94-61(47(87)40(54)80)100-53-30(15-71)91-58(96-49)44(84)37(53)77/h5-7,17-18,25-31,34-64,68-72,74-87H,2-4,8-16H2,1H3,(H,65,73)/t25?,26?,27?,28?,29?,30?,31?,34?,35?,36?,37?,38?,39?,40?,41?,42?,43?,44?,45?,46?,47?,48-,49-,50-,51-,52-,53-,54-,55-,56-,57-,58-,59-,60-,61-/m1/s1. The lowest BCUT2D eigenvalue weighted by Gasteiger charge is -2.50. The minimum absolute atomic E-state index is 0.0149. The predicted molar refractivity (Wildman–Crippen MR) is 339 cm³/mol. The van der Waals surface area contributed by atoms with Gasteiger partial charge >= 0.3 is 0 Å². The minimum atomic E-state index is -2.22. The van der Waals surface area contributed by atoms with Crippen LogP contribution in [0.3, 0.4) is 0 Å². The predicted octanol–water partition coefficient (Wildman–Crippen LogP) is -9.99. The summed E-state index contributed by atoms with van der Waals surface area (Å²) in [6.07, 6.45) is -69.1. The lowest BCUT2D eigenvalue weighted by Crippen LogP contribution is -2.68. The lowest BCUT2D eigenvalue weighted by molar-refractivity contribution is -0.396. The van der Waals surface area contributed by atoms with Gasteiger partial charge in [-0.2, -0.15) is 0 Å². The van der Waals surface area contributed by atoms with E-state index in [1.54, 1.807) is 29.0 Å². The molecule has 0 saturated carbocycles. The number of hydrogen-bond acceptors (Lipinski definition) is 41. The second kappa shape index (κ2) is 34.4. The Hall–Kier alpha value is -3.81. The van der Waals surface area contributed by atoms with Crippen molar-refractivity contribution in [2.24, 2.45) is 0 Å². The van der Waals surface area contributed by atoms with E-state index in [2.05, 4.69) is 21.3 Å². The largest absolute Gasteiger partial charge is 0.394 e. The summed E-state index contributed by atoms with van der Waals surface area (Å²) in [6.45, 7) is -3.81. The number of aryl methyl sites for hydroxylation is 1. The van der Waals surface area contributed by atoms with Crippen molar-refractivity contribution in [1.29, 1.82) is 0 Å². The molecule has 42 heteroatoms. The first-order valence-corrected chi connectivity index (χ1v) is 35.4. The van der Waals surface area contributed by atoms with Crippen LogP contribution in [0.25, 0.3) is 0 Å². The summed E-state index contributed by atoms with van der Waals surface area (Å²) in [5.41, 5.74) is 2.68. The Bertz CT molecular complexity index is 3180. The van der Waals surface area contributed by atoms with E-state index in [-0.39, 0.29) is 51.3 Å². The Morgan fingerprint density at radius 2 is 0.718 bits per heavy atom. The quantitative estimate of drug-likeness (QED) is 0.109. The molecule has 1 aromatic carbocycles. The summed E-state index contributed by atoms with van der Waals surface area (Å²) >= 11 is 2.60. The van der Waals surface area contributed by atoms with Crippen LogP contribution in [-0.2, 0) is 97.2 Å². The van der Waals surface area contributed by atoms with Gasteiger partial charge in [0.05, 0.1) is 63.6 Å². The number of hydrogen-bond donors (Lipinski definition) is 23. The van der Waals surface area contributed by atoms with E-state index in [0.29, 0.717) is 38.5 Å². The van der Waals surface area contributed by atoms with E-state index in [4.69, 9.17) is 76.3 Å². The van der Waals surface area contributed by atoms with Gasteiger partial charge in [0.25, 0.3) is 0 Å². The Morgan fingerprint density at radius 1 is 0.408 bits per heavy atom. The van der Waals surface area contributed by atoms with E-state index < -0.39 is 248 Å². The molecule has 2 aromatic heterocycles. The highest BCUT2D eigenvalue weighted by Crippen LogP contribution is 2.40. The number of rotatable bonds is 6. The molecule has 0 aliphatic carbocycles. The van der Waals surface area contributed by atoms with Crippen molar-refractivity contribution < 1.29 is 168 Å². The van der Waals surface area contributed by atoms with Crippen LogP contribution in [0.2, 0.25) is 0 Å². The summed E-state index contributed by atoms with van der Waals surface area (Å²) in [4.78, 5) is 21.9. The van der Waals surface area contributed by atoms with E-state index in [0.717, 1.165) is 0 Å². The van der Waals surface area contributed by atoms with Crippen LogP contribution >= 0.6 is 22.7 Å². The SMILES string of the molecule is CC(=O)Nc1cc2cc(c1)NCc1nc(cs1)CNCC1O[C@@H]3O[C@@H]4C(CO)O[C@H](O[C@@H]5C(CO)O[C@H](O[C@@H]6C(CCCc7csc(n7)CN2)O[C@H](O[C@@H]2C(CO)O[C@H](O[C@@H]7C(CO)O[C@H](O[C@@H]8C(CO)O[C@H](O[C@H]1C(O)C3O)C(O)C8O)C(O)C7O)C(O)C2O)C(O)C6O)C(O)C5O)C(O)C4O. The lowest BCUT2D eigenvalue weighted by atomic mass is 9.93. The summed E-state index contributed by atoms with van der Waals surface area (Å²) in [7, 11) is 0. The number of nitrogens with zero attached hydrogens (tertiary/aromatic N) is 2. The third-order valence-electron chi connectivity index (χ3n) is 19.3. The third kappa shape index (κ3) is 17.1. The Kier molecular flexibility index (Phi) is 26.3. The molecule has 1 amide bonds. The topological polar surface area (TPSA) is 605 Å². The highest BCUT2D eigenvalue weighted by molar-refractivity contribution is 7.09. The number of anilines is 3. The Morgan fingerprint density at radius 3 is 1.08 bits per heavy atom. The maximum atomic E-state index is 12.3. The number of carbonyl (C=O) groups excluding carboxylic acids is 1. The van der Waals surface area contributed by atoms with E-state index >= 15 is 0 Å². The Labute approximate surface area is 593 Å². The highest BCUT2D eigenvalue weighted by atomic mass is 32.1. The molecule has 22 bridgehead atoms. The van der Waals surface area contributed by atoms with Crippen molar-refractivity contribution in [1.82, 2.24) is 15.3 Å². The van der Waals surface area contributed by atoms with Gasteiger partial charge in [-0.15, -0.1) is 22.7 Å². The van der Waals surface area contributed by atoms with E-state index in [1.807, 2.05) is 0 Å². The van der Waals surface area contributed by atoms with E-state index in [9.17, 15) is 102 Å². The van der Waals surface area contributed by atoms with Crippen LogP contribution in [0.5, 0.6) is 0 Å². The number of carbonyl (C=O) groups is 1. The third-order valence-corrected chi connectivity index (χ3v) is 21.1. The maximum absolute atomic E-state index is 12.3. The minimum Gasteiger partial charge on any atom is -0.394 e. The fraction of sp³-hybridized carbons (Fsp3) is 0.787. The number of aliphatic hydroxyl groups is 19. The van der Waals surface area contributed by atoms with Crippen molar-refractivity contribution in [2.75, 3.05) is 55.5 Å². The van der Waals surface area contributed by atoms with Crippen LogP contribution in [0.4, 0.5) is 17.1 Å². The second-order valence-corrected chi connectivity index (χ2v) is 28.3. The van der Waals surface area contributed by atoms with Crippen molar-refractivity contribution in [3.05, 3.63) is 50.4 Å². The molecule has 103 heavy (non-hydrogen) atoms. The molecule has 580 valence electrons. The molecule has 21 saturated heterocycles. The van der Waals surface area contributed by atoms with Crippen LogP contribution in [0.15, 0.2) is 29.0 Å². The molecule has 3 aromatic rings. The van der Waals surface area contributed by atoms with Crippen LogP contribution in [0, 0.1) is 0 Å². The summed E-state index contributed by atoms with van der Waals surface area (Å²) in [6, 6.07) is 5.24. The first-order valence-electron chi connectivity index (χ1n) is 33.6. The van der Waals surface area contributed by atoms with Gasteiger partial charge in [-0.3, -0.25) is 4.79 Å². The number of benzene rings is 1. The zero-order valence-electron chi connectivity index (χ0n) is 54.9. The number of aliphatic hydroxyl groups excluding tert-OH is 19. The number of thiazole rings is 2. The molecular weight excluding hydrogens is 1420 g/mol. The number of ether oxygens (including phenoxy) is 14. The molecule has 40 nitrogen and oxygen atoms in total. The zero-order valence-corrected chi connectivity index (χ0v) is 56.5. The molecule has 27 rings (SSSR count). The number of nitrogens with one attached hydrogen (secondary N) is 4. The molecule has 26 heterocycles.